The lowest BCUT2D eigenvalue weighted by Gasteiger charge is -2.20. The van der Waals surface area contributed by atoms with Crippen molar-refractivity contribution in [1.82, 2.24) is 10.2 Å². The van der Waals surface area contributed by atoms with E-state index in [1.54, 1.807) is 19.1 Å². The second-order valence-corrected chi connectivity index (χ2v) is 8.52. The smallest absolute Gasteiger partial charge is 0.181 e. The molecule has 0 bridgehead atoms. The summed E-state index contributed by atoms with van der Waals surface area (Å²) in [7, 11) is -3.60. The van der Waals surface area contributed by atoms with Gasteiger partial charge < -0.3 is 5.21 Å². The quantitative estimate of drug-likeness (QED) is 0.631. The number of aromatic nitrogens is 2. The van der Waals surface area contributed by atoms with E-state index in [0.29, 0.717) is 10.6 Å². The van der Waals surface area contributed by atoms with E-state index in [1.165, 1.54) is 0 Å². The van der Waals surface area contributed by atoms with E-state index in [0.717, 1.165) is 22.5 Å². The highest BCUT2D eigenvalue weighted by atomic mass is 35.5. The average molecular weight is 380 g/mol. The monoisotopic (exact) mass is 379 g/mol. The molecule has 0 aliphatic carbocycles. The number of benzene rings is 1. The van der Waals surface area contributed by atoms with E-state index in [-0.39, 0.29) is 16.4 Å². The fourth-order valence-electron chi connectivity index (χ4n) is 3.33. The maximum atomic E-state index is 12.8. The van der Waals surface area contributed by atoms with Gasteiger partial charge in [-0.3, -0.25) is 5.10 Å². The molecule has 1 unspecified atom stereocenters. The minimum Gasteiger partial charge on any atom is -0.411 e. The standard InChI is InChI=1S/C17H18ClN3O3S/c1-9-14(21-22)8-25(23,24)17(9)16(12-4-6-13(18)7-5-12)15-10(2)19-20-11(15)3/h4-7,16,22H,8H2,1-3H3,(H,19,20). The zero-order chi connectivity index (χ0) is 18.4. The molecule has 1 aromatic heterocycles. The molecule has 0 spiro atoms. The minimum atomic E-state index is -3.60. The number of oxime groups is 1. The zero-order valence-corrected chi connectivity index (χ0v) is 15.6. The van der Waals surface area contributed by atoms with Gasteiger partial charge in [0.15, 0.2) is 9.84 Å². The number of sulfone groups is 1. The summed E-state index contributed by atoms with van der Waals surface area (Å²) in [4.78, 5) is 0.246. The maximum Gasteiger partial charge on any atom is 0.181 e. The van der Waals surface area contributed by atoms with Gasteiger partial charge in [-0.15, -0.1) is 0 Å². The molecule has 1 atom stereocenters. The van der Waals surface area contributed by atoms with Crippen molar-refractivity contribution in [2.75, 3.05) is 5.75 Å². The number of nitrogens with zero attached hydrogens (tertiary/aromatic N) is 2. The molecule has 6 nitrogen and oxygen atoms in total. The summed E-state index contributed by atoms with van der Waals surface area (Å²) >= 11 is 5.99. The SMILES string of the molecule is CC1=C(C(c2ccc(Cl)cc2)c2c(C)n[nH]c2C)S(=O)(=O)CC1=NO. The molecule has 0 saturated heterocycles. The molecule has 1 aromatic carbocycles. The van der Waals surface area contributed by atoms with Gasteiger partial charge in [0.2, 0.25) is 0 Å². The van der Waals surface area contributed by atoms with Crippen molar-refractivity contribution in [2.24, 2.45) is 5.16 Å². The van der Waals surface area contributed by atoms with Gasteiger partial charge in [-0.2, -0.15) is 5.10 Å². The first-order valence-corrected chi connectivity index (χ1v) is 9.71. The van der Waals surface area contributed by atoms with Crippen LogP contribution in [0.1, 0.15) is 35.4 Å². The van der Waals surface area contributed by atoms with Crippen LogP contribution in [0.3, 0.4) is 0 Å². The summed E-state index contributed by atoms with van der Waals surface area (Å²) in [5, 5.41) is 20.0. The molecular weight excluding hydrogens is 362 g/mol. The van der Waals surface area contributed by atoms with Crippen molar-refractivity contribution in [3.63, 3.8) is 0 Å². The van der Waals surface area contributed by atoms with Gasteiger partial charge in [-0.1, -0.05) is 28.9 Å². The van der Waals surface area contributed by atoms with Crippen molar-refractivity contribution in [2.45, 2.75) is 26.7 Å². The highest BCUT2D eigenvalue weighted by Crippen LogP contribution is 2.42. The Hall–Kier alpha value is -2.12. The molecule has 1 aliphatic rings. The zero-order valence-electron chi connectivity index (χ0n) is 14.0. The lowest BCUT2D eigenvalue weighted by atomic mass is 9.87. The fourth-order valence-corrected chi connectivity index (χ4v) is 5.44. The number of rotatable bonds is 3. The first-order valence-electron chi connectivity index (χ1n) is 7.68. The third kappa shape index (κ3) is 2.98. The lowest BCUT2D eigenvalue weighted by molar-refractivity contribution is 0.319. The molecule has 8 heteroatoms. The van der Waals surface area contributed by atoms with Crippen LogP contribution in [-0.2, 0) is 9.84 Å². The summed E-state index contributed by atoms with van der Waals surface area (Å²) in [6.07, 6.45) is 0. The van der Waals surface area contributed by atoms with E-state index in [1.807, 2.05) is 26.0 Å². The predicted octanol–water partition coefficient (Wildman–Crippen LogP) is 3.34. The van der Waals surface area contributed by atoms with Crippen LogP contribution in [0, 0.1) is 13.8 Å². The van der Waals surface area contributed by atoms with Crippen molar-refractivity contribution >= 4 is 27.1 Å². The van der Waals surface area contributed by atoms with Crippen LogP contribution in [0.2, 0.25) is 5.02 Å². The molecule has 1 aliphatic heterocycles. The topological polar surface area (TPSA) is 95.4 Å². The number of H-pyrrole nitrogens is 1. The van der Waals surface area contributed by atoms with Crippen molar-refractivity contribution in [3.05, 3.63) is 62.3 Å². The normalized spacial score (nSPS) is 19.6. The Bertz CT molecular complexity index is 969. The summed E-state index contributed by atoms with van der Waals surface area (Å²) < 4.78 is 25.7. The third-order valence-electron chi connectivity index (χ3n) is 4.52. The van der Waals surface area contributed by atoms with E-state index in [4.69, 9.17) is 16.8 Å². The Morgan fingerprint density at radius 2 is 1.88 bits per heavy atom. The first kappa shape index (κ1) is 17.7. The van der Waals surface area contributed by atoms with E-state index in [2.05, 4.69) is 15.4 Å². The van der Waals surface area contributed by atoms with Gasteiger partial charge in [0.1, 0.15) is 5.75 Å². The number of aryl methyl sites for hydroxylation is 2. The average Bonchev–Trinajstić information content (AvgIpc) is 3.00. The van der Waals surface area contributed by atoms with Crippen LogP contribution in [0.4, 0.5) is 0 Å². The van der Waals surface area contributed by atoms with Crippen molar-refractivity contribution in [1.29, 1.82) is 0 Å². The number of hydrogen-bond acceptors (Lipinski definition) is 5. The summed E-state index contributed by atoms with van der Waals surface area (Å²) in [5.41, 5.74) is 3.76. The molecule has 3 rings (SSSR count). The Kier molecular flexibility index (Phi) is 4.47. The maximum absolute atomic E-state index is 12.8. The first-order chi connectivity index (χ1) is 11.8. The molecule has 0 radical (unpaired) electrons. The van der Waals surface area contributed by atoms with Crippen molar-refractivity contribution < 1.29 is 13.6 Å². The molecular formula is C17H18ClN3O3S. The van der Waals surface area contributed by atoms with Crippen LogP contribution in [0.25, 0.3) is 0 Å². The highest BCUT2D eigenvalue weighted by Gasteiger charge is 2.40. The van der Waals surface area contributed by atoms with Gasteiger partial charge >= 0.3 is 0 Å². The number of hydrogen-bond donors (Lipinski definition) is 2. The largest absolute Gasteiger partial charge is 0.411 e. The van der Waals surface area contributed by atoms with Gasteiger partial charge in [0.25, 0.3) is 0 Å². The number of allylic oxidation sites excluding steroid dienone is 2. The molecule has 2 aromatic rings. The highest BCUT2D eigenvalue weighted by molar-refractivity contribution is 7.96. The number of nitrogens with one attached hydrogen (secondary N) is 1. The molecule has 0 fully saturated rings. The van der Waals surface area contributed by atoms with Gasteiger partial charge in [-0.25, -0.2) is 8.42 Å². The van der Waals surface area contributed by atoms with E-state index < -0.39 is 15.8 Å². The van der Waals surface area contributed by atoms with Crippen molar-refractivity contribution in [3.8, 4) is 0 Å². The molecule has 25 heavy (non-hydrogen) atoms. The molecule has 132 valence electrons. The predicted molar refractivity (Wildman–Crippen MR) is 97.1 cm³/mol. The number of halogens is 1. The van der Waals surface area contributed by atoms with Crippen LogP contribution < -0.4 is 0 Å². The summed E-state index contributed by atoms with van der Waals surface area (Å²) in [6.45, 7) is 5.36. The molecule has 2 N–H and O–H groups in total. The Balaban J connectivity index is 2.33. The minimum absolute atomic E-state index is 0.174. The Morgan fingerprint density at radius 1 is 1.24 bits per heavy atom. The van der Waals surface area contributed by atoms with Crippen LogP contribution >= 0.6 is 11.6 Å². The Morgan fingerprint density at radius 3 is 2.36 bits per heavy atom. The Labute approximate surface area is 151 Å². The fraction of sp³-hybridized carbons (Fsp3) is 0.294. The van der Waals surface area contributed by atoms with Gasteiger partial charge in [-0.05, 0) is 44.0 Å². The van der Waals surface area contributed by atoms with Crippen LogP contribution in [-0.4, -0.2) is 35.3 Å². The molecule has 0 amide bonds. The van der Waals surface area contributed by atoms with Crippen LogP contribution in [0.5, 0.6) is 0 Å². The summed E-state index contributed by atoms with van der Waals surface area (Å²) in [5.74, 6) is -0.842. The summed E-state index contributed by atoms with van der Waals surface area (Å²) in [6, 6.07) is 7.08. The number of aromatic amines is 1. The molecule has 0 saturated carbocycles. The van der Waals surface area contributed by atoms with Gasteiger partial charge in [0.05, 0.1) is 16.3 Å². The van der Waals surface area contributed by atoms with E-state index >= 15 is 0 Å². The van der Waals surface area contributed by atoms with Gasteiger partial charge in [0, 0.05) is 22.2 Å². The molecule has 2 heterocycles. The second kappa shape index (κ2) is 6.31. The second-order valence-electron chi connectivity index (χ2n) is 6.13. The van der Waals surface area contributed by atoms with E-state index in [9.17, 15) is 8.42 Å². The lowest BCUT2D eigenvalue weighted by Crippen LogP contribution is -2.14. The van der Waals surface area contributed by atoms with Crippen LogP contribution in [0.15, 0.2) is 39.9 Å². The third-order valence-corrected chi connectivity index (χ3v) is 6.64.